The molecule has 0 aliphatic carbocycles. The van der Waals surface area contributed by atoms with Gasteiger partial charge >= 0.3 is 6.03 Å². The molecular formula is C16H21N3O2S. The second-order valence-corrected chi connectivity index (χ2v) is 6.67. The molecule has 0 bridgehead atoms. The van der Waals surface area contributed by atoms with Gasteiger partial charge in [-0.1, -0.05) is 12.1 Å². The third-order valence-corrected chi connectivity index (χ3v) is 4.18. The van der Waals surface area contributed by atoms with Gasteiger partial charge in [0.25, 0.3) is 0 Å². The zero-order valence-electron chi connectivity index (χ0n) is 13.0. The molecule has 2 amide bonds. The molecular weight excluding hydrogens is 298 g/mol. The van der Waals surface area contributed by atoms with Crippen molar-refractivity contribution in [3.63, 3.8) is 0 Å². The van der Waals surface area contributed by atoms with Gasteiger partial charge in [-0.2, -0.15) is 0 Å². The van der Waals surface area contributed by atoms with Crippen LogP contribution < -0.4 is 10.6 Å². The Labute approximate surface area is 134 Å². The number of anilines is 1. The molecule has 1 heterocycles. The minimum atomic E-state index is -0.455. The summed E-state index contributed by atoms with van der Waals surface area (Å²) in [7, 11) is 0. The van der Waals surface area contributed by atoms with Crippen molar-refractivity contribution in [3.8, 4) is 10.6 Å². The van der Waals surface area contributed by atoms with E-state index in [-0.39, 0.29) is 12.6 Å². The van der Waals surface area contributed by atoms with E-state index in [1.54, 1.807) is 11.3 Å². The normalized spacial score (nSPS) is 11.3. The summed E-state index contributed by atoms with van der Waals surface area (Å²) in [6.07, 6.45) is 0.499. The van der Waals surface area contributed by atoms with Crippen molar-refractivity contribution in [2.24, 2.45) is 0 Å². The van der Waals surface area contributed by atoms with Crippen molar-refractivity contribution in [1.82, 2.24) is 10.3 Å². The van der Waals surface area contributed by atoms with Crippen molar-refractivity contribution in [3.05, 3.63) is 35.3 Å². The van der Waals surface area contributed by atoms with Gasteiger partial charge in [0.1, 0.15) is 5.01 Å². The first-order valence-electron chi connectivity index (χ1n) is 7.12. The number of nitrogens with one attached hydrogen (secondary N) is 2. The number of benzene rings is 1. The number of thiazole rings is 1. The molecule has 3 N–H and O–H groups in total. The average molecular weight is 319 g/mol. The van der Waals surface area contributed by atoms with E-state index < -0.39 is 5.54 Å². The summed E-state index contributed by atoms with van der Waals surface area (Å²) in [6, 6.07) is 7.31. The van der Waals surface area contributed by atoms with Crippen LogP contribution in [0, 0.1) is 6.92 Å². The maximum atomic E-state index is 12.0. The molecule has 118 valence electrons. The number of amides is 2. The summed E-state index contributed by atoms with van der Waals surface area (Å²) >= 11 is 1.58. The summed E-state index contributed by atoms with van der Waals surface area (Å²) in [4.78, 5) is 16.5. The first-order chi connectivity index (χ1) is 10.4. The van der Waals surface area contributed by atoms with E-state index in [4.69, 9.17) is 5.11 Å². The Morgan fingerprint density at radius 3 is 2.82 bits per heavy atom. The predicted octanol–water partition coefficient (Wildman–Crippen LogP) is 3.40. The van der Waals surface area contributed by atoms with Crippen LogP contribution >= 0.6 is 11.3 Å². The lowest BCUT2D eigenvalue weighted by Crippen LogP contribution is -2.46. The number of hydrogen-bond donors (Lipinski definition) is 3. The molecule has 0 atom stereocenters. The zero-order chi connectivity index (χ0) is 16.2. The maximum Gasteiger partial charge on any atom is 0.319 e. The average Bonchev–Trinajstić information content (AvgIpc) is 2.84. The van der Waals surface area contributed by atoms with Crippen LogP contribution in [-0.2, 0) is 0 Å². The lowest BCUT2D eigenvalue weighted by atomic mass is 10.0. The molecule has 1 aromatic heterocycles. The van der Waals surface area contributed by atoms with Gasteiger partial charge in [0, 0.05) is 34.5 Å². The van der Waals surface area contributed by atoms with E-state index in [9.17, 15) is 4.79 Å². The van der Waals surface area contributed by atoms with Gasteiger partial charge in [0.05, 0.1) is 0 Å². The molecule has 1 aromatic carbocycles. The largest absolute Gasteiger partial charge is 0.396 e. The Balaban J connectivity index is 2.06. The monoisotopic (exact) mass is 319 g/mol. The first-order valence-corrected chi connectivity index (χ1v) is 8.00. The van der Waals surface area contributed by atoms with Crippen molar-refractivity contribution >= 4 is 23.1 Å². The van der Waals surface area contributed by atoms with Crippen molar-refractivity contribution in [2.75, 3.05) is 11.9 Å². The van der Waals surface area contributed by atoms with E-state index in [0.717, 1.165) is 16.3 Å². The van der Waals surface area contributed by atoms with Gasteiger partial charge in [0.2, 0.25) is 0 Å². The van der Waals surface area contributed by atoms with E-state index >= 15 is 0 Å². The molecule has 0 saturated carbocycles. The fraction of sp³-hybridized carbons (Fsp3) is 0.375. The van der Waals surface area contributed by atoms with Crippen LogP contribution in [0.2, 0.25) is 0 Å². The Hall–Kier alpha value is -1.92. The number of aromatic nitrogens is 1. The number of hydrogen-bond acceptors (Lipinski definition) is 4. The predicted molar refractivity (Wildman–Crippen MR) is 90.2 cm³/mol. The SMILES string of the molecule is Cc1csc(-c2cccc(NC(=O)NC(C)(C)CCO)c2)n1. The van der Waals surface area contributed by atoms with E-state index in [2.05, 4.69) is 15.6 Å². The number of aliphatic hydroxyl groups is 1. The Morgan fingerprint density at radius 1 is 1.41 bits per heavy atom. The van der Waals surface area contributed by atoms with Gasteiger partial charge in [-0.25, -0.2) is 9.78 Å². The fourth-order valence-electron chi connectivity index (χ4n) is 2.03. The standard InChI is InChI=1S/C16H21N3O2S/c1-11-10-22-14(17-11)12-5-4-6-13(9-12)18-15(21)19-16(2,3)7-8-20/h4-6,9-10,20H,7-8H2,1-3H3,(H2,18,19,21). The highest BCUT2D eigenvalue weighted by atomic mass is 32.1. The summed E-state index contributed by atoms with van der Waals surface area (Å²) in [5.74, 6) is 0. The van der Waals surface area contributed by atoms with Crippen molar-refractivity contribution < 1.29 is 9.90 Å². The van der Waals surface area contributed by atoms with E-state index in [1.807, 2.05) is 50.4 Å². The zero-order valence-corrected chi connectivity index (χ0v) is 13.8. The maximum absolute atomic E-state index is 12.0. The van der Waals surface area contributed by atoms with Gasteiger partial charge in [-0.3, -0.25) is 0 Å². The van der Waals surface area contributed by atoms with Crippen LogP contribution in [0.5, 0.6) is 0 Å². The molecule has 0 spiro atoms. The van der Waals surface area contributed by atoms with Gasteiger partial charge in [-0.05, 0) is 39.3 Å². The number of aryl methyl sites for hydroxylation is 1. The quantitative estimate of drug-likeness (QED) is 0.790. The molecule has 0 unspecified atom stereocenters. The second-order valence-electron chi connectivity index (χ2n) is 5.81. The molecule has 0 aliphatic rings. The number of carbonyl (C=O) groups excluding carboxylic acids is 1. The summed E-state index contributed by atoms with van der Waals surface area (Å²) in [5.41, 5.74) is 2.22. The Bertz CT molecular complexity index is 652. The van der Waals surface area contributed by atoms with E-state index in [1.165, 1.54) is 0 Å². The lowest BCUT2D eigenvalue weighted by Gasteiger charge is -2.25. The number of rotatable bonds is 5. The molecule has 22 heavy (non-hydrogen) atoms. The fourth-order valence-corrected chi connectivity index (χ4v) is 2.82. The van der Waals surface area contributed by atoms with Crippen LogP contribution in [0.15, 0.2) is 29.6 Å². The van der Waals surface area contributed by atoms with Crippen LogP contribution in [0.25, 0.3) is 10.6 Å². The molecule has 0 radical (unpaired) electrons. The third kappa shape index (κ3) is 4.54. The molecule has 0 saturated heterocycles. The lowest BCUT2D eigenvalue weighted by molar-refractivity contribution is 0.218. The topological polar surface area (TPSA) is 74.2 Å². The number of aliphatic hydroxyl groups excluding tert-OH is 1. The number of urea groups is 1. The molecule has 2 aromatic rings. The summed E-state index contributed by atoms with van der Waals surface area (Å²) in [6.45, 7) is 5.74. The Morgan fingerprint density at radius 2 is 2.18 bits per heavy atom. The highest BCUT2D eigenvalue weighted by molar-refractivity contribution is 7.13. The smallest absolute Gasteiger partial charge is 0.319 e. The van der Waals surface area contributed by atoms with Crippen LogP contribution in [0.3, 0.4) is 0 Å². The number of nitrogens with zero attached hydrogens (tertiary/aromatic N) is 1. The van der Waals surface area contributed by atoms with Gasteiger partial charge in [-0.15, -0.1) is 11.3 Å². The Kier molecular flexibility index (Phi) is 5.15. The van der Waals surface area contributed by atoms with Crippen molar-refractivity contribution in [1.29, 1.82) is 0 Å². The summed E-state index contributed by atoms with van der Waals surface area (Å²) < 4.78 is 0. The van der Waals surface area contributed by atoms with Crippen LogP contribution in [-0.4, -0.2) is 28.3 Å². The molecule has 6 heteroatoms. The van der Waals surface area contributed by atoms with Crippen LogP contribution in [0.4, 0.5) is 10.5 Å². The molecule has 5 nitrogen and oxygen atoms in total. The van der Waals surface area contributed by atoms with Crippen LogP contribution in [0.1, 0.15) is 26.0 Å². The highest BCUT2D eigenvalue weighted by Crippen LogP contribution is 2.25. The first kappa shape index (κ1) is 16.5. The number of carbonyl (C=O) groups is 1. The third-order valence-electron chi connectivity index (χ3n) is 3.18. The van der Waals surface area contributed by atoms with Gasteiger partial charge < -0.3 is 15.7 Å². The second kappa shape index (κ2) is 6.89. The minimum absolute atomic E-state index is 0.0339. The highest BCUT2D eigenvalue weighted by Gasteiger charge is 2.19. The summed E-state index contributed by atoms with van der Waals surface area (Å²) in [5, 5.41) is 17.6. The molecule has 0 aliphatic heterocycles. The minimum Gasteiger partial charge on any atom is -0.396 e. The molecule has 2 rings (SSSR count). The van der Waals surface area contributed by atoms with Gasteiger partial charge in [0.15, 0.2) is 0 Å². The van der Waals surface area contributed by atoms with E-state index in [0.29, 0.717) is 12.1 Å². The molecule has 0 fully saturated rings. The van der Waals surface area contributed by atoms with Crippen molar-refractivity contribution in [2.45, 2.75) is 32.7 Å².